The SMILES string of the molecule is COc1ccc(F)c(C(C)ON)c1. The Morgan fingerprint density at radius 3 is 2.69 bits per heavy atom. The number of halogens is 1. The van der Waals surface area contributed by atoms with Crippen LogP contribution < -0.4 is 10.6 Å². The smallest absolute Gasteiger partial charge is 0.129 e. The van der Waals surface area contributed by atoms with Crippen molar-refractivity contribution in [2.75, 3.05) is 7.11 Å². The second-order valence-corrected chi connectivity index (χ2v) is 2.67. The molecule has 1 atom stereocenters. The Morgan fingerprint density at radius 2 is 2.15 bits per heavy atom. The Morgan fingerprint density at radius 1 is 1.46 bits per heavy atom. The molecule has 0 aliphatic rings. The van der Waals surface area contributed by atoms with Crippen molar-refractivity contribution in [2.45, 2.75) is 13.0 Å². The summed E-state index contributed by atoms with van der Waals surface area (Å²) < 4.78 is 18.1. The molecule has 2 N–H and O–H groups in total. The summed E-state index contributed by atoms with van der Waals surface area (Å²) in [5.41, 5.74) is 0.391. The summed E-state index contributed by atoms with van der Waals surface area (Å²) in [6.07, 6.45) is -0.477. The maximum atomic E-state index is 13.2. The third kappa shape index (κ3) is 2.17. The van der Waals surface area contributed by atoms with E-state index < -0.39 is 6.10 Å². The highest BCUT2D eigenvalue weighted by Crippen LogP contribution is 2.23. The molecule has 3 nitrogen and oxygen atoms in total. The summed E-state index contributed by atoms with van der Waals surface area (Å²) >= 11 is 0. The van der Waals surface area contributed by atoms with E-state index in [2.05, 4.69) is 4.84 Å². The number of rotatable bonds is 3. The van der Waals surface area contributed by atoms with Crippen molar-refractivity contribution in [1.82, 2.24) is 0 Å². The van der Waals surface area contributed by atoms with Crippen molar-refractivity contribution < 1.29 is 14.0 Å². The molecule has 0 saturated heterocycles. The molecule has 0 amide bonds. The van der Waals surface area contributed by atoms with E-state index in [9.17, 15) is 4.39 Å². The maximum Gasteiger partial charge on any atom is 0.129 e. The Labute approximate surface area is 76.2 Å². The van der Waals surface area contributed by atoms with Crippen LogP contribution in [0.25, 0.3) is 0 Å². The van der Waals surface area contributed by atoms with Crippen molar-refractivity contribution in [2.24, 2.45) is 5.90 Å². The molecule has 1 aromatic rings. The first kappa shape index (κ1) is 9.95. The molecular weight excluding hydrogens is 173 g/mol. The van der Waals surface area contributed by atoms with Crippen LogP contribution in [0.5, 0.6) is 5.75 Å². The largest absolute Gasteiger partial charge is 0.497 e. The fourth-order valence-electron chi connectivity index (χ4n) is 1.03. The molecule has 0 spiro atoms. The Kier molecular flexibility index (Phi) is 3.22. The lowest BCUT2D eigenvalue weighted by Gasteiger charge is -2.11. The molecule has 0 bridgehead atoms. The van der Waals surface area contributed by atoms with Crippen LogP contribution in [0.3, 0.4) is 0 Å². The fraction of sp³-hybridized carbons (Fsp3) is 0.333. The van der Waals surface area contributed by atoms with Crippen LogP contribution in [0.2, 0.25) is 0 Å². The van der Waals surface area contributed by atoms with Gasteiger partial charge >= 0.3 is 0 Å². The van der Waals surface area contributed by atoms with E-state index >= 15 is 0 Å². The van der Waals surface area contributed by atoms with Gasteiger partial charge in [0.2, 0.25) is 0 Å². The zero-order valence-electron chi connectivity index (χ0n) is 7.58. The number of hydrogen-bond donors (Lipinski definition) is 1. The van der Waals surface area contributed by atoms with E-state index in [1.54, 1.807) is 19.1 Å². The van der Waals surface area contributed by atoms with E-state index in [-0.39, 0.29) is 5.82 Å². The van der Waals surface area contributed by atoms with Gasteiger partial charge in [-0.2, -0.15) is 0 Å². The number of nitrogens with two attached hydrogens (primary N) is 1. The standard InChI is InChI=1S/C9H12FNO2/c1-6(13-11)8-5-7(12-2)3-4-9(8)10/h3-6H,11H2,1-2H3. The quantitative estimate of drug-likeness (QED) is 0.730. The average molecular weight is 185 g/mol. The zero-order valence-corrected chi connectivity index (χ0v) is 7.58. The fourth-order valence-corrected chi connectivity index (χ4v) is 1.03. The molecule has 4 heteroatoms. The van der Waals surface area contributed by atoms with Crippen molar-refractivity contribution in [3.05, 3.63) is 29.6 Å². The van der Waals surface area contributed by atoms with E-state index in [0.29, 0.717) is 11.3 Å². The number of methoxy groups -OCH3 is 1. The highest BCUT2D eigenvalue weighted by molar-refractivity contribution is 5.30. The Balaban J connectivity index is 3.03. The lowest BCUT2D eigenvalue weighted by Crippen LogP contribution is -2.07. The van der Waals surface area contributed by atoms with E-state index in [1.165, 1.54) is 13.2 Å². The summed E-state index contributed by atoms with van der Waals surface area (Å²) in [6.45, 7) is 1.66. The average Bonchev–Trinajstić information content (AvgIpc) is 2.17. The Bertz CT molecular complexity index is 291. The second-order valence-electron chi connectivity index (χ2n) is 2.67. The summed E-state index contributed by atoms with van der Waals surface area (Å²) in [4.78, 5) is 4.52. The summed E-state index contributed by atoms with van der Waals surface area (Å²) in [5.74, 6) is 5.19. The van der Waals surface area contributed by atoms with Gasteiger partial charge in [-0.3, -0.25) is 4.84 Å². The Hall–Kier alpha value is -1.13. The van der Waals surface area contributed by atoms with Gasteiger partial charge in [0.25, 0.3) is 0 Å². The van der Waals surface area contributed by atoms with Crippen LogP contribution in [0.4, 0.5) is 4.39 Å². The highest BCUT2D eigenvalue weighted by atomic mass is 19.1. The summed E-state index contributed by atoms with van der Waals surface area (Å²) in [6, 6.07) is 4.43. The minimum atomic E-state index is -0.477. The normalized spacial score (nSPS) is 12.6. The number of ether oxygens (including phenoxy) is 1. The molecule has 0 saturated carbocycles. The van der Waals surface area contributed by atoms with E-state index in [4.69, 9.17) is 10.6 Å². The van der Waals surface area contributed by atoms with Crippen LogP contribution in [0, 0.1) is 5.82 Å². The van der Waals surface area contributed by atoms with Gasteiger partial charge in [0.15, 0.2) is 0 Å². The molecule has 0 fully saturated rings. The zero-order chi connectivity index (χ0) is 9.84. The van der Waals surface area contributed by atoms with Crippen molar-refractivity contribution in [3.63, 3.8) is 0 Å². The van der Waals surface area contributed by atoms with Gasteiger partial charge in [-0.1, -0.05) is 0 Å². The van der Waals surface area contributed by atoms with Crippen LogP contribution in [0.15, 0.2) is 18.2 Å². The van der Waals surface area contributed by atoms with E-state index in [0.717, 1.165) is 0 Å². The molecule has 1 rings (SSSR count). The maximum absolute atomic E-state index is 13.2. The number of benzene rings is 1. The molecule has 0 aromatic heterocycles. The van der Waals surface area contributed by atoms with Crippen molar-refractivity contribution in [1.29, 1.82) is 0 Å². The van der Waals surface area contributed by atoms with Gasteiger partial charge in [-0.25, -0.2) is 10.3 Å². The highest BCUT2D eigenvalue weighted by Gasteiger charge is 2.11. The first-order valence-electron chi connectivity index (χ1n) is 3.88. The molecule has 0 heterocycles. The molecule has 1 aromatic carbocycles. The lowest BCUT2D eigenvalue weighted by molar-refractivity contribution is 0.0637. The summed E-state index contributed by atoms with van der Waals surface area (Å²) in [5, 5.41) is 0. The third-order valence-electron chi connectivity index (χ3n) is 1.85. The first-order valence-corrected chi connectivity index (χ1v) is 3.88. The van der Waals surface area contributed by atoms with Gasteiger partial charge in [0.05, 0.1) is 7.11 Å². The molecule has 0 aliphatic carbocycles. The lowest BCUT2D eigenvalue weighted by atomic mass is 10.1. The van der Waals surface area contributed by atoms with Gasteiger partial charge in [0, 0.05) is 5.56 Å². The van der Waals surface area contributed by atoms with Gasteiger partial charge < -0.3 is 4.74 Å². The van der Waals surface area contributed by atoms with Crippen LogP contribution in [0.1, 0.15) is 18.6 Å². The minimum Gasteiger partial charge on any atom is -0.497 e. The monoisotopic (exact) mass is 185 g/mol. The predicted molar refractivity (Wildman–Crippen MR) is 46.6 cm³/mol. The predicted octanol–water partition coefficient (Wildman–Crippen LogP) is 1.79. The first-order chi connectivity index (χ1) is 6.19. The second kappa shape index (κ2) is 4.20. The third-order valence-corrected chi connectivity index (χ3v) is 1.85. The molecule has 1 unspecified atom stereocenters. The molecule has 0 aliphatic heterocycles. The van der Waals surface area contributed by atoms with Crippen LogP contribution >= 0.6 is 0 Å². The molecule has 0 radical (unpaired) electrons. The van der Waals surface area contributed by atoms with Gasteiger partial charge in [-0.05, 0) is 25.1 Å². The van der Waals surface area contributed by atoms with Gasteiger partial charge in [0.1, 0.15) is 17.7 Å². The number of hydrogen-bond acceptors (Lipinski definition) is 3. The van der Waals surface area contributed by atoms with Crippen LogP contribution in [-0.4, -0.2) is 7.11 Å². The molecular formula is C9H12FNO2. The minimum absolute atomic E-state index is 0.348. The van der Waals surface area contributed by atoms with Crippen molar-refractivity contribution >= 4 is 0 Å². The molecule has 13 heavy (non-hydrogen) atoms. The topological polar surface area (TPSA) is 44.5 Å². The molecule has 72 valence electrons. The van der Waals surface area contributed by atoms with E-state index in [1.807, 2.05) is 0 Å². The van der Waals surface area contributed by atoms with Gasteiger partial charge in [-0.15, -0.1) is 0 Å². The summed E-state index contributed by atoms with van der Waals surface area (Å²) in [7, 11) is 1.52. The van der Waals surface area contributed by atoms with Crippen LogP contribution in [-0.2, 0) is 4.84 Å². The van der Waals surface area contributed by atoms with Crippen molar-refractivity contribution in [3.8, 4) is 5.75 Å².